The monoisotopic (exact) mass is 279 g/mol. The van der Waals surface area contributed by atoms with E-state index in [0.717, 1.165) is 11.4 Å². The van der Waals surface area contributed by atoms with Gasteiger partial charge in [-0.2, -0.15) is 0 Å². The van der Waals surface area contributed by atoms with Gasteiger partial charge in [-0.1, -0.05) is 19.3 Å². The molecule has 2 N–H and O–H groups in total. The van der Waals surface area contributed by atoms with Crippen LogP contribution in [0, 0.1) is 0 Å². The highest BCUT2D eigenvalue weighted by Gasteiger charge is 2.21. The molecule has 4 nitrogen and oxygen atoms in total. The molecule has 1 aliphatic rings. The van der Waals surface area contributed by atoms with E-state index in [-0.39, 0.29) is 24.8 Å². The largest absolute Gasteiger partial charge is 0.495 e. The van der Waals surface area contributed by atoms with Crippen LogP contribution >= 0.6 is 24.8 Å². The first-order valence-electron chi connectivity index (χ1n) is 5.48. The number of anilines is 1. The predicted octanol–water partition coefficient (Wildman–Crippen LogP) is 2.96. The molecule has 2 rings (SSSR count). The minimum atomic E-state index is 0. The highest BCUT2D eigenvalue weighted by atomic mass is 35.5. The number of aromatic nitrogens is 2. The van der Waals surface area contributed by atoms with Gasteiger partial charge in [0.1, 0.15) is 17.3 Å². The van der Waals surface area contributed by atoms with Crippen LogP contribution in [0.5, 0.6) is 5.75 Å². The summed E-state index contributed by atoms with van der Waals surface area (Å²) in [5, 5.41) is 8.08. The van der Waals surface area contributed by atoms with Crippen LogP contribution in [0.3, 0.4) is 0 Å². The van der Waals surface area contributed by atoms with Crippen LogP contribution < -0.4 is 10.5 Å². The molecule has 1 aromatic heterocycles. The summed E-state index contributed by atoms with van der Waals surface area (Å²) >= 11 is 0. The quantitative estimate of drug-likeness (QED) is 0.904. The van der Waals surface area contributed by atoms with Gasteiger partial charge in [0, 0.05) is 12.0 Å². The van der Waals surface area contributed by atoms with Gasteiger partial charge in [-0.3, -0.25) is 0 Å². The molecule has 1 heterocycles. The zero-order valence-electron chi connectivity index (χ0n) is 9.89. The van der Waals surface area contributed by atoms with E-state index in [1.54, 1.807) is 13.2 Å². The van der Waals surface area contributed by atoms with Crippen molar-refractivity contribution in [1.29, 1.82) is 0 Å². The van der Waals surface area contributed by atoms with Gasteiger partial charge in [0.05, 0.1) is 7.11 Å². The number of rotatable bonds is 2. The first-order valence-corrected chi connectivity index (χ1v) is 5.48. The Morgan fingerprint density at radius 3 is 2.41 bits per heavy atom. The Labute approximate surface area is 114 Å². The van der Waals surface area contributed by atoms with Gasteiger partial charge < -0.3 is 10.5 Å². The minimum absolute atomic E-state index is 0. The van der Waals surface area contributed by atoms with E-state index in [1.165, 1.54) is 32.1 Å². The third-order valence-corrected chi connectivity index (χ3v) is 3.02. The fourth-order valence-corrected chi connectivity index (χ4v) is 2.22. The smallest absolute Gasteiger partial charge is 0.149 e. The molecule has 1 aromatic rings. The fourth-order valence-electron chi connectivity index (χ4n) is 2.22. The molecule has 6 heteroatoms. The molecule has 1 saturated carbocycles. The number of nitrogen functional groups attached to an aromatic ring is 1. The number of ether oxygens (including phenoxy) is 1. The van der Waals surface area contributed by atoms with Crippen LogP contribution in [0.1, 0.15) is 43.7 Å². The van der Waals surface area contributed by atoms with E-state index in [9.17, 15) is 0 Å². The molecule has 0 bridgehead atoms. The van der Waals surface area contributed by atoms with Crippen molar-refractivity contribution in [2.45, 2.75) is 38.0 Å². The summed E-state index contributed by atoms with van der Waals surface area (Å²) in [5.41, 5.74) is 6.56. The van der Waals surface area contributed by atoms with E-state index >= 15 is 0 Å². The van der Waals surface area contributed by atoms with Crippen molar-refractivity contribution in [2.75, 3.05) is 12.8 Å². The maximum absolute atomic E-state index is 5.58. The van der Waals surface area contributed by atoms with Crippen molar-refractivity contribution < 1.29 is 4.74 Å². The first-order chi connectivity index (χ1) is 7.31. The number of nitrogens with zero attached hydrogens (tertiary/aromatic N) is 2. The van der Waals surface area contributed by atoms with E-state index in [0.29, 0.717) is 11.7 Å². The minimum Gasteiger partial charge on any atom is -0.495 e. The molecule has 0 aliphatic heterocycles. The highest BCUT2D eigenvalue weighted by molar-refractivity contribution is 5.85. The van der Waals surface area contributed by atoms with Gasteiger partial charge in [-0.15, -0.1) is 35.0 Å². The zero-order chi connectivity index (χ0) is 10.7. The van der Waals surface area contributed by atoms with Gasteiger partial charge in [0.25, 0.3) is 0 Å². The Balaban J connectivity index is 0.00000128. The number of hydrogen-bond donors (Lipinski definition) is 1. The molecule has 1 fully saturated rings. The number of nitrogens with two attached hydrogens (primary N) is 1. The molecule has 1 aliphatic carbocycles. The van der Waals surface area contributed by atoms with E-state index in [4.69, 9.17) is 10.5 Å². The zero-order valence-corrected chi connectivity index (χ0v) is 11.5. The third kappa shape index (κ3) is 3.89. The van der Waals surface area contributed by atoms with E-state index in [1.807, 2.05) is 0 Å². The maximum atomic E-state index is 5.58. The first kappa shape index (κ1) is 16.3. The summed E-state index contributed by atoms with van der Waals surface area (Å²) in [4.78, 5) is 0. The Kier molecular flexibility index (Phi) is 7.23. The maximum Gasteiger partial charge on any atom is 0.149 e. The second kappa shape index (κ2) is 7.56. The lowest BCUT2D eigenvalue weighted by molar-refractivity contribution is 0.378. The van der Waals surface area contributed by atoms with Gasteiger partial charge in [0.2, 0.25) is 0 Å². The van der Waals surface area contributed by atoms with Crippen molar-refractivity contribution >= 4 is 30.6 Å². The molecule has 0 radical (unpaired) electrons. The average Bonchev–Trinajstić information content (AvgIpc) is 2.30. The molecule has 0 aromatic carbocycles. The third-order valence-electron chi connectivity index (χ3n) is 3.02. The summed E-state index contributed by atoms with van der Waals surface area (Å²) in [7, 11) is 1.66. The molecule has 0 amide bonds. The molecule has 98 valence electrons. The van der Waals surface area contributed by atoms with Crippen molar-refractivity contribution in [2.24, 2.45) is 0 Å². The lowest BCUT2D eigenvalue weighted by Crippen LogP contribution is -2.10. The Morgan fingerprint density at radius 1 is 1.18 bits per heavy atom. The van der Waals surface area contributed by atoms with Crippen LogP contribution in [0.4, 0.5) is 5.82 Å². The van der Waals surface area contributed by atoms with Gasteiger partial charge in [-0.05, 0) is 12.8 Å². The van der Waals surface area contributed by atoms with Crippen LogP contribution in [-0.2, 0) is 0 Å². The van der Waals surface area contributed by atoms with Crippen molar-refractivity contribution in [3.8, 4) is 5.75 Å². The Bertz CT molecular complexity index is 343. The number of hydrogen-bond acceptors (Lipinski definition) is 4. The summed E-state index contributed by atoms with van der Waals surface area (Å²) < 4.78 is 5.30. The van der Waals surface area contributed by atoms with Crippen molar-refractivity contribution in [3.63, 3.8) is 0 Å². The Morgan fingerprint density at radius 2 is 1.82 bits per heavy atom. The average molecular weight is 280 g/mol. The molecular weight excluding hydrogens is 261 g/mol. The summed E-state index contributed by atoms with van der Waals surface area (Å²) in [6.07, 6.45) is 6.27. The van der Waals surface area contributed by atoms with Gasteiger partial charge >= 0.3 is 0 Å². The SMILES string of the molecule is COc1cc(N)nnc1C1CCCCC1.Cl.Cl. The van der Waals surface area contributed by atoms with E-state index in [2.05, 4.69) is 10.2 Å². The molecule has 17 heavy (non-hydrogen) atoms. The second-order valence-electron chi connectivity index (χ2n) is 4.06. The standard InChI is InChI=1S/C11H17N3O.2ClH/c1-15-9-7-10(12)13-14-11(9)8-5-3-2-4-6-8;;/h7-8H,2-6H2,1H3,(H2,12,13);2*1H. The molecule has 0 atom stereocenters. The summed E-state index contributed by atoms with van der Waals surface area (Å²) in [5.74, 6) is 1.71. The summed E-state index contributed by atoms with van der Waals surface area (Å²) in [6, 6.07) is 1.76. The molecule has 0 unspecified atom stereocenters. The topological polar surface area (TPSA) is 61.0 Å². The van der Waals surface area contributed by atoms with Crippen LogP contribution in [0.15, 0.2) is 6.07 Å². The van der Waals surface area contributed by atoms with Crippen LogP contribution in [0.25, 0.3) is 0 Å². The molecule has 0 spiro atoms. The number of methoxy groups -OCH3 is 1. The lowest BCUT2D eigenvalue weighted by atomic mass is 9.86. The normalized spacial score (nSPS) is 15.6. The van der Waals surface area contributed by atoms with Crippen LogP contribution in [0.2, 0.25) is 0 Å². The van der Waals surface area contributed by atoms with Crippen molar-refractivity contribution in [3.05, 3.63) is 11.8 Å². The second-order valence-corrected chi connectivity index (χ2v) is 4.06. The van der Waals surface area contributed by atoms with Crippen molar-refractivity contribution in [1.82, 2.24) is 10.2 Å². The number of halogens is 2. The van der Waals surface area contributed by atoms with Gasteiger partial charge in [0.15, 0.2) is 0 Å². The molecule has 0 saturated heterocycles. The fraction of sp³-hybridized carbons (Fsp3) is 0.636. The van der Waals surface area contributed by atoms with Gasteiger partial charge in [-0.25, -0.2) is 0 Å². The molecular formula is C11H19Cl2N3O. The summed E-state index contributed by atoms with van der Waals surface area (Å²) in [6.45, 7) is 0. The van der Waals surface area contributed by atoms with Crippen LogP contribution in [-0.4, -0.2) is 17.3 Å². The van der Waals surface area contributed by atoms with E-state index < -0.39 is 0 Å². The Hall–Kier alpha value is -0.740. The highest BCUT2D eigenvalue weighted by Crippen LogP contribution is 2.35. The predicted molar refractivity (Wildman–Crippen MR) is 73.3 cm³/mol. The lowest BCUT2D eigenvalue weighted by Gasteiger charge is -2.22.